The molecule has 22 heavy (non-hydrogen) atoms. The largest absolute Gasteiger partial charge is 0.464 e. The third-order valence-corrected chi connectivity index (χ3v) is 3.04. The van der Waals surface area contributed by atoms with Crippen LogP contribution >= 0.6 is 0 Å². The van der Waals surface area contributed by atoms with Crippen molar-refractivity contribution in [1.82, 2.24) is 5.32 Å². The predicted octanol–water partition coefficient (Wildman–Crippen LogP) is 3.00. The van der Waals surface area contributed by atoms with Crippen molar-refractivity contribution in [3.05, 3.63) is 65.9 Å². The molecule has 0 radical (unpaired) electrons. The molecule has 0 aromatic heterocycles. The van der Waals surface area contributed by atoms with E-state index in [4.69, 9.17) is 0 Å². The third kappa shape index (κ3) is 4.06. The summed E-state index contributed by atoms with van der Waals surface area (Å²) in [5, 5.41) is 2.47. The van der Waals surface area contributed by atoms with Gasteiger partial charge in [-0.2, -0.15) is 0 Å². The lowest BCUT2D eigenvalue weighted by atomic mass is 10.0. The number of nitrogens with one attached hydrogen (secondary N) is 1. The molecule has 1 amide bonds. The average molecular weight is 295 g/mol. The van der Waals surface area contributed by atoms with Crippen LogP contribution in [0.1, 0.15) is 12.5 Å². The molecule has 0 bridgehead atoms. The molecule has 0 saturated heterocycles. The first-order valence-corrected chi connectivity index (χ1v) is 6.83. The molecule has 4 heteroatoms. The highest BCUT2D eigenvalue weighted by molar-refractivity contribution is 5.97. The molecule has 0 atom stereocenters. The van der Waals surface area contributed by atoms with Gasteiger partial charge in [-0.15, -0.1) is 0 Å². The zero-order valence-electron chi connectivity index (χ0n) is 12.5. The first-order valence-electron chi connectivity index (χ1n) is 6.83. The normalized spacial score (nSPS) is 10.9. The summed E-state index contributed by atoms with van der Waals surface area (Å²) in [6.07, 6.45) is 1.59. The summed E-state index contributed by atoms with van der Waals surface area (Å²) < 4.78 is 4.66. The van der Waals surface area contributed by atoms with Gasteiger partial charge in [-0.3, -0.25) is 4.79 Å². The highest BCUT2D eigenvalue weighted by atomic mass is 16.5. The first-order chi connectivity index (χ1) is 10.6. The van der Waals surface area contributed by atoms with Crippen LogP contribution in [0.4, 0.5) is 0 Å². The van der Waals surface area contributed by atoms with E-state index in [1.54, 1.807) is 6.08 Å². The van der Waals surface area contributed by atoms with Gasteiger partial charge in [0, 0.05) is 6.92 Å². The summed E-state index contributed by atoms with van der Waals surface area (Å²) in [5.74, 6) is -0.903. The highest BCUT2D eigenvalue weighted by Crippen LogP contribution is 2.20. The second-order valence-electron chi connectivity index (χ2n) is 4.72. The number of hydrogen-bond donors (Lipinski definition) is 1. The Balaban J connectivity index is 2.26. The molecule has 0 unspecified atom stereocenters. The van der Waals surface area contributed by atoms with Gasteiger partial charge in [-0.1, -0.05) is 54.6 Å². The second kappa shape index (κ2) is 7.22. The van der Waals surface area contributed by atoms with Gasteiger partial charge in [0.2, 0.25) is 5.91 Å². The monoisotopic (exact) mass is 295 g/mol. The SMILES string of the molecule is COC(=O)/C(=C\c1ccc(-c2ccccc2)cc1)NC(C)=O. The minimum absolute atomic E-state index is 0.113. The number of carbonyl (C=O) groups is 2. The predicted molar refractivity (Wildman–Crippen MR) is 85.7 cm³/mol. The molecule has 0 aliphatic heterocycles. The van der Waals surface area contributed by atoms with Gasteiger partial charge in [0.15, 0.2) is 0 Å². The number of ether oxygens (including phenoxy) is 1. The Bertz CT molecular complexity index is 688. The fraction of sp³-hybridized carbons (Fsp3) is 0.111. The lowest BCUT2D eigenvalue weighted by Gasteiger charge is -2.06. The van der Waals surface area contributed by atoms with E-state index >= 15 is 0 Å². The molecule has 1 N–H and O–H groups in total. The smallest absolute Gasteiger partial charge is 0.354 e. The fourth-order valence-corrected chi connectivity index (χ4v) is 2.01. The maximum atomic E-state index is 11.6. The van der Waals surface area contributed by atoms with Crippen LogP contribution in [-0.2, 0) is 14.3 Å². The van der Waals surface area contributed by atoms with Gasteiger partial charge in [0.25, 0.3) is 0 Å². The van der Waals surface area contributed by atoms with Crippen molar-refractivity contribution >= 4 is 18.0 Å². The molecule has 4 nitrogen and oxygen atoms in total. The summed E-state index contributed by atoms with van der Waals surface area (Å²) in [6, 6.07) is 17.7. The number of carbonyl (C=O) groups excluding carboxylic acids is 2. The zero-order valence-corrected chi connectivity index (χ0v) is 12.5. The average Bonchev–Trinajstić information content (AvgIpc) is 2.54. The molecule has 0 aliphatic rings. The van der Waals surface area contributed by atoms with Gasteiger partial charge >= 0.3 is 5.97 Å². The van der Waals surface area contributed by atoms with Crippen molar-refractivity contribution in [2.24, 2.45) is 0 Å². The van der Waals surface area contributed by atoms with Crippen LogP contribution in [0.2, 0.25) is 0 Å². The molecular formula is C18H17NO3. The molecule has 2 rings (SSSR count). The lowest BCUT2D eigenvalue weighted by Crippen LogP contribution is -2.25. The van der Waals surface area contributed by atoms with Crippen molar-refractivity contribution in [3.63, 3.8) is 0 Å². The van der Waals surface area contributed by atoms with Crippen LogP contribution in [0.15, 0.2) is 60.3 Å². The Morgan fingerprint density at radius 3 is 2.09 bits per heavy atom. The second-order valence-corrected chi connectivity index (χ2v) is 4.72. The van der Waals surface area contributed by atoms with Crippen molar-refractivity contribution in [2.45, 2.75) is 6.92 Å². The highest BCUT2D eigenvalue weighted by Gasteiger charge is 2.11. The molecule has 2 aromatic rings. The van der Waals surface area contributed by atoms with Gasteiger partial charge in [-0.05, 0) is 22.8 Å². The number of benzene rings is 2. The van der Waals surface area contributed by atoms with Crippen LogP contribution in [0, 0.1) is 0 Å². The summed E-state index contributed by atoms with van der Waals surface area (Å²) in [5.41, 5.74) is 3.11. The van der Waals surface area contributed by atoms with Crippen LogP contribution in [0.3, 0.4) is 0 Å². The van der Waals surface area contributed by atoms with Gasteiger partial charge in [0.1, 0.15) is 5.70 Å². The fourth-order valence-electron chi connectivity index (χ4n) is 2.01. The van der Waals surface area contributed by atoms with E-state index in [0.717, 1.165) is 16.7 Å². The molecule has 112 valence electrons. The van der Waals surface area contributed by atoms with E-state index in [1.807, 2.05) is 54.6 Å². The van der Waals surface area contributed by atoms with Crippen molar-refractivity contribution in [1.29, 1.82) is 0 Å². The topological polar surface area (TPSA) is 55.4 Å². The van der Waals surface area contributed by atoms with E-state index in [1.165, 1.54) is 14.0 Å². The number of methoxy groups -OCH3 is 1. The van der Waals surface area contributed by atoms with E-state index in [2.05, 4.69) is 10.1 Å². The van der Waals surface area contributed by atoms with Crippen LogP contribution in [0.25, 0.3) is 17.2 Å². The summed E-state index contributed by atoms with van der Waals surface area (Å²) in [7, 11) is 1.27. The molecule has 0 saturated carbocycles. The van der Waals surface area contributed by atoms with E-state index in [9.17, 15) is 9.59 Å². The molecule has 2 aromatic carbocycles. The molecule has 0 spiro atoms. The molecule has 0 fully saturated rings. The standard InChI is InChI=1S/C18H17NO3/c1-13(20)19-17(18(21)22-2)12-14-8-10-16(11-9-14)15-6-4-3-5-7-15/h3-12H,1-2H3,(H,19,20)/b17-12+. The van der Waals surface area contributed by atoms with Crippen LogP contribution in [0.5, 0.6) is 0 Å². The Hall–Kier alpha value is -2.88. The Labute approximate surface area is 129 Å². The zero-order chi connectivity index (χ0) is 15.9. The minimum Gasteiger partial charge on any atom is -0.464 e. The lowest BCUT2D eigenvalue weighted by molar-refractivity contribution is -0.137. The van der Waals surface area contributed by atoms with E-state index < -0.39 is 5.97 Å². The van der Waals surface area contributed by atoms with Gasteiger partial charge < -0.3 is 10.1 Å². The quantitative estimate of drug-likeness (QED) is 0.697. The summed E-state index contributed by atoms with van der Waals surface area (Å²) in [6.45, 7) is 1.34. The summed E-state index contributed by atoms with van der Waals surface area (Å²) >= 11 is 0. The number of hydrogen-bond acceptors (Lipinski definition) is 3. The number of rotatable bonds is 4. The van der Waals surface area contributed by atoms with E-state index in [0.29, 0.717) is 0 Å². The molecule has 0 heterocycles. The number of amides is 1. The minimum atomic E-state index is -0.581. The van der Waals surface area contributed by atoms with Crippen LogP contribution in [-0.4, -0.2) is 19.0 Å². The molecular weight excluding hydrogens is 278 g/mol. The maximum absolute atomic E-state index is 11.6. The molecule has 0 aliphatic carbocycles. The first kappa shape index (κ1) is 15.5. The van der Waals surface area contributed by atoms with Crippen molar-refractivity contribution in [3.8, 4) is 11.1 Å². The van der Waals surface area contributed by atoms with Crippen molar-refractivity contribution in [2.75, 3.05) is 7.11 Å². The maximum Gasteiger partial charge on any atom is 0.354 e. The van der Waals surface area contributed by atoms with E-state index in [-0.39, 0.29) is 11.6 Å². The Kier molecular flexibility index (Phi) is 5.09. The van der Waals surface area contributed by atoms with Crippen molar-refractivity contribution < 1.29 is 14.3 Å². The third-order valence-electron chi connectivity index (χ3n) is 3.04. The van der Waals surface area contributed by atoms with Gasteiger partial charge in [-0.25, -0.2) is 4.79 Å². The summed E-state index contributed by atoms with van der Waals surface area (Å²) in [4.78, 5) is 22.8. The van der Waals surface area contributed by atoms with Crippen LogP contribution < -0.4 is 5.32 Å². The number of esters is 1. The Morgan fingerprint density at radius 1 is 0.955 bits per heavy atom. The Morgan fingerprint density at radius 2 is 1.55 bits per heavy atom. The van der Waals surface area contributed by atoms with Gasteiger partial charge in [0.05, 0.1) is 7.11 Å².